The molecule has 0 unspecified atom stereocenters. The van der Waals surface area contributed by atoms with Crippen LogP contribution in [0.2, 0.25) is 0 Å². The standard InChI is InChI=1S/C29H60O/c1-3-5-7-8-9-10-11-12-13-14-15-16-17-18-19-20-21-22-23-24-25-26-27-29-30-28-6-4-2/h3-29H2,1-2H3. The molecule has 0 rings (SSSR count). The maximum atomic E-state index is 5.62. The lowest BCUT2D eigenvalue weighted by Crippen LogP contribution is -1.96. The molecular weight excluding hydrogens is 364 g/mol. The summed E-state index contributed by atoms with van der Waals surface area (Å²) in [6.45, 7) is 6.48. The van der Waals surface area contributed by atoms with E-state index in [1.165, 1.54) is 161 Å². The Hall–Kier alpha value is -0.0400. The molecule has 0 saturated heterocycles. The molecule has 0 aliphatic rings. The van der Waals surface area contributed by atoms with Crippen LogP contribution in [0, 0.1) is 0 Å². The quantitative estimate of drug-likeness (QED) is 0.119. The van der Waals surface area contributed by atoms with Crippen molar-refractivity contribution in [1.82, 2.24) is 0 Å². The SMILES string of the molecule is CCCCCCCCCCCCCCCCCCCCCCCCCOCCCC. The summed E-state index contributed by atoms with van der Waals surface area (Å²) in [5, 5.41) is 0. The van der Waals surface area contributed by atoms with Crippen molar-refractivity contribution in [2.45, 2.75) is 174 Å². The van der Waals surface area contributed by atoms with Crippen LogP contribution in [-0.2, 0) is 4.74 Å². The number of hydrogen-bond acceptors (Lipinski definition) is 1. The number of hydrogen-bond donors (Lipinski definition) is 0. The summed E-state index contributed by atoms with van der Waals surface area (Å²) in [7, 11) is 0. The minimum atomic E-state index is 0.968. The van der Waals surface area contributed by atoms with Gasteiger partial charge in [-0.25, -0.2) is 0 Å². The van der Waals surface area contributed by atoms with E-state index in [4.69, 9.17) is 4.74 Å². The largest absolute Gasteiger partial charge is 0.381 e. The molecule has 0 radical (unpaired) electrons. The van der Waals surface area contributed by atoms with E-state index in [1.807, 2.05) is 0 Å². The summed E-state index contributed by atoms with van der Waals surface area (Å²) in [6, 6.07) is 0. The lowest BCUT2D eigenvalue weighted by atomic mass is 10.0. The Balaban J connectivity index is 2.97. The van der Waals surface area contributed by atoms with Gasteiger partial charge >= 0.3 is 0 Å². The summed E-state index contributed by atoms with van der Waals surface area (Å²) in [6.07, 6.45) is 35.9. The zero-order chi connectivity index (χ0) is 21.8. The van der Waals surface area contributed by atoms with Gasteiger partial charge in [0, 0.05) is 13.2 Å². The van der Waals surface area contributed by atoms with E-state index < -0.39 is 0 Å². The van der Waals surface area contributed by atoms with Crippen molar-refractivity contribution < 1.29 is 4.74 Å². The maximum absolute atomic E-state index is 5.62. The molecule has 0 aliphatic heterocycles. The van der Waals surface area contributed by atoms with Crippen LogP contribution in [0.15, 0.2) is 0 Å². The van der Waals surface area contributed by atoms with E-state index in [0.717, 1.165) is 13.2 Å². The topological polar surface area (TPSA) is 9.23 Å². The van der Waals surface area contributed by atoms with Crippen LogP contribution in [0.5, 0.6) is 0 Å². The van der Waals surface area contributed by atoms with Crippen LogP contribution >= 0.6 is 0 Å². The van der Waals surface area contributed by atoms with Gasteiger partial charge in [0.05, 0.1) is 0 Å². The minimum Gasteiger partial charge on any atom is -0.381 e. The molecule has 0 heterocycles. The van der Waals surface area contributed by atoms with E-state index in [2.05, 4.69) is 13.8 Å². The van der Waals surface area contributed by atoms with Crippen molar-refractivity contribution in [3.8, 4) is 0 Å². The highest BCUT2D eigenvalue weighted by molar-refractivity contribution is 4.51. The third-order valence-electron chi connectivity index (χ3n) is 6.53. The van der Waals surface area contributed by atoms with Crippen LogP contribution in [0.4, 0.5) is 0 Å². The molecule has 30 heavy (non-hydrogen) atoms. The molecule has 0 N–H and O–H groups in total. The molecule has 0 bridgehead atoms. The molecule has 0 atom stereocenters. The third-order valence-corrected chi connectivity index (χ3v) is 6.53. The van der Waals surface area contributed by atoms with Crippen LogP contribution in [0.3, 0.4) is 0 Å². The van der Waals surface area contributed by atoms with E-state index in [0.29, 0.717) is 0 Å². The van der Waals surface area contributed by atoms with Gasteiger partial charge in [-0.3, -0.25) is 0 Å². The predicted octanol–water partition coefficient (Wildman–Crippen LogP) is 10.8. The summed E-state index contributed by atoms with van der Waals surface area (Å²) in [4.78, 5) is 0. The number of unbranched alkanes of at least 4 members (excludes halogenated alkanes) is 23. The van der Waals surface area contributed by atoms with Gasteiger partial charge in [0.2, 0.25) is 0 Å². The summed E-state index contributed by atoms with van der Waals surface area (Å²) >= 11 is 0. The monoisotopic (exact) mass is 424 g/mol. The first-order valence-corrected chi connectivity index (χ1v) is 14.5. The van der Waals surface area contributed by atoms with Crippen molar-refractivity contribution in [2.24, 2.45) is 0 Å². The Morgan fingerprint density at radius 2 is 0.500 bits per heavy atom. The van der Waals surface area contributed by atoms with Gasteiger partial charge in [0.15, 0.2) is 0 Å². The van der Waals surface area contributed by atoms with Gasteiger partial charge in [0.1, 0.15) is 0 Å². The van der Waals surface area contributed by atoms with Crippen molar-refractivity contribution in [3.63, 3.8) is 0 Å². The molecule has 1 nitrogen and oxygen atoms in total. The molecule has 182 valence electrons. The van der Waals surface area contributed by atoms with E-state index in [9.17, 15) is 0 Å². The Morgan fingerprint density at radius 1 is 0.267 bits per heavy atom. The third kappa shape index (κ3) is 28.0. The fourth-order valence-corrected chi connectivity index (χ4v) is 4.34. The summed E-state index contributed by atoms with van der Waals surface area (Å²) in [5.41, 5.74) is 0. The Bertz CT molecular complexity index is 248. The molecular formula is C29H60O. The number of rotatable bonds is 27. The second kappa shape index (κ2) is 29.0. The van der Waals surface area contributed by atoms with Crippen molar-refractivity contribution >= 4 is 0 Å². The molecule has 0 aliphatic carbocycles. The lowest BCUT2D eigenvalue weighted by molar-refractivity contribution is 0.127. The minimum absolute atomic E-state index is 0.968. The highest BCUT2D eigenvalue weighted by Gasteiger charge is 1.96. The predicted molar refractivity (Wildman–Crippen MR) is 138 cm³/mol. The molecule has 0 spiro atoms. The second-order valence-electron chi connectivity index (χ2n) is 9.74. The van der Waals surface area contributed by atoms with Gasteiger partial charge in [-0.1, -0.05) is 162 Å². The van der Waals surface area contributed by atoms with E-state index in [-0.39, 0.29) is 0 Å². The second-order valence-corrected chi connectivity index (χ2v) is 9.74. The summed E-state index contributed by atoms with van der Waals surface area (Å²) < 4.78 is 5.62. The fraction of sp³-hybridized carbons (Fsp3) is 1.00. The zero-order valence-corrected chi connectivity index (χ0v) is 21.5. The molecule has 0 amide bonds. The first kappa shape index (κ1) is 30.0. The molecule has 1 heteroatoms. The highest BCUT2D eigenvalue weighted by Crippen LogP contribution is 2.15. The summed E-state index contributed by atoms with van der Waals surface area (Å²) in [5.74, 6) is 0. The molecule has 0 saturated carbocycles. The first-order valence-electron chi connectivity index (χ1n) is 14.5. The average Bonchev–Trinajstić information content (AvgIpc) is 2.76. The van der Waals surface area contributed by atoms with Gasteiger partial charge in [-0.05, 0) is 12.8 Å². The first-order chi connectivity index (χ1) is 14.9. The zero-order valence-electron chi connectivity index (χ0n) is 21.5. The van der Waals surface area contributed by atoms with Crippen LogP contribution < -0.4 is 0 Å². The van der Waals surface area contributed by atoms with Crippen LogP contribution in [0.1, 0.15) is 174 Å². The number of ether oxygens (including phenoxy) is 1. The van der Waals surface area contributed by atoms with E-state index >= 15 is 0 Å². The smallest absolute Gasteiger partial charge is 0.0466 e. The van der Waals surface area contributed by atoms with Crippen LogP contribution in [-0.4, -0.2) is 13.2 Å². The molecule has 0 aromatic heterocycles. The van der Waals surface area contributed by atoms with Crippen molar-refractivity contribution in [1.29, 1.82) is 0 Å². The Labute approximate surface area is 192 Å². The average molecular weight is 425 g/mol. The van der Waals surface area contributed by atoms with Gasteiger partial charge in [-0.15, -0.1) is 0 Å². The Kier molecular flexibility index (Phi) is 28.9. The van der Waals surface area contributed by atoms with Crippen LogP contribution in [0.25, 0.3) is 0 Å². The maximum Gasteiger partial charge on any atom is 0.0466 e. The van der Waals surface area contributed by atoms with Crippen molar-refractivity contribution in [2.75, 3.05) is 13.2 Å². The Morgan fingerprint density at radius 3 is 0.800 bits per heavy atom. The van der Waals surface area contributed by atoms with Gasteiger partial charge in [0.25, 0.3) is 0 Å². The highest BCUT2D eigenvalue weighted by atomic mass is 16.5. The molecule has 0 aromatic carbocycles. The van der Waals surface area contributed by atoms with Gasteiger partial charge in [-0.2, -0.15) is 0 Å². The lowest BCUT2D eigenvalue weighted by Gasteiger charge is -2.05. The van der Waals surface area contributed by atoms with E-state index in [1.54, 1.807) is 0 Å². The van der Waals surface area contributed by atoms with Gasteiger partial charge < -0.3 is 4.74 Å². The van der Waals surface area contributed by atoms with Crippen molar-refractivity contribution in [3.05, 3.63) is 0 Å². The fourth-order valence-electron chi connectivity index (χ4n) is 4.34. The molecule has 0 aromatic rings. The molecule has 0 fully saturated rings. The normalized spacial score (nSPS) is 11.4.